The lowest BCUT2D eigenvalue weighted by atomic mass is 10.0. The van der Waals surface area contributed by atoms with Crippen LogP contribution in [-0.4, -0.2) is 29.9 Å². The fourth-order valence-corrected chi connectivity index (χ4v) is 3.21. The van der Waals surface area contributed by atoms with Crippen LogP contribution in [0.1, 0.15) is 59.7 Å². The van der Waals surface area contributed by atoms with Crippen molar-refractivity contribution in [1.29, 1.82) is 0 Å². The number of rotatable bonds is 6. The van der Waals surface area contributed by atoms with Gasteiger partial charge in [0.25, 0.3) is 5.91 Å². The highest BCUT2D eigenvalue weighted by Crippen LogP contribution is 2.16. The first kappa shape index (κ1) is 19.9. The molecular weight excluding hydrogens is 350 g/mol. The van der Waals surface area contributed by atoms with Crippen LogP contribution in [0.25, 0.3) is 6.08 Å². The predicted octanol–water partition coefficient (Wildman–Crippen LogP) is 4.80. The largest absolute Gasteiger partial charge is 0.458 e. The van der Waals surface area contributed by atoms with Crippen molar-refractivity contribution < 1.29 is 14.3 Å². The number of benzene rings is 2. The number of carbonyl (C=O) groups is 2. The number of esters is 1. The Labute approximate surface area is 166 Å². The normalized spacial score (nSPS) is 14.0. The fourth-order valence-electron chi connectivity index (χ4n) is 3.21. The zero-order chi connectivity index (χ0) is 19.9. The molecule has 0 aliphatic carbocycles. The lowest BCUT2D eigenvalue weighted by molar-refractivity contribution is -0.138. The zero-order valence-corrected chi connectivity index (χ0v) is 16.6. The van der Waals surface area contributed by atoms with Crippen molar-refractivity contribution in [3.8, 4) is 0 Å². The Morgan fingerprint density at radius 1 is 1.00 bits per heavy atom. The van der Waals surface area contributed by atoms with E-state index in [0.29, 0.717) is 11.5 Å². The second kappa shape index (κ2) is 9.36. The quantitative estimate of drug-likeness (QED) is 0.536. The SMILES string of the molecule is CC(C)c1ccc(C=CC(=O)OCc2ccc(C(=O)N3CCCC3)cc2)cc1. The molecule has 3 rings (SSSR count). The maximum absolute atomic E-state index is 12.3. The Morgan fingerprint density at radius 3 is 2.25 bits per heavy atom. The van der Waals surface area contributed by atoms with Gasteiger partial charge in [0.1, 0.15) is 6.61 Å². The third kappa shape index (κ3) is 5.32. The van der Waals surface area contributed by atoms with Gasteiger partial charge in [-0.3, -0.25) is 4.79 Å². The minimum atomic E-state index is -0.384. The molecule has 2 aromatic carbocycles. The summed E-state index contributed by atoms with van der Waals surface area (Å²) in [5.74, 6) is 0.178. The highest BCUT2D eigenvalue weighted by atomic mass is 16.5. The molecule has 0 atom stereocenters. The maximum Gasteiger partial charge on any atom is 0.331 e. The number of likely N-dealkylation sites (tertiary alicyclic amines) is 1. The van der Waals surface area contributed by atoms with E-state index >= 15 is 0 Å². The number of hydrogen-bond acceptors (Lipinski definition) is 3. The summed E-state index contributed by atoms with van der Waals surface area (Å²) in [6.07, 6.45) is 5.35. The average molecular weight is 377 g/mol. The third-order valence-corrected chi connectivity index (χ3v) is 4.99. The monoisotopic (exact) mass is 377 g/mol. The molecule has 1 heterocycles. The van der Waals surface area contributed by atoms with Crippen LogP contribution < -0.4 is 0 Å². The van der Waals surface area contributed by atoms with Gasteiger partial charge < -0.3 is 9.64 Å². The summed E-state index contributed by atoms with van der Waals surface area (Å²) >= 11 is 0. The number of nitrogens with zero attached hydrogens (tertiary/aromatic N) is 1. The molecule has 0 bridgehead atoms. The molecule has 1 amide bonds. The molecule has 146 valence electrons. The summed E-state index contributed by atoms with van der Waals surface area (Å²) in [7, 11) is 0. The van der Waals surface area contributed by atoms with Crippen molar-refractivity contribution in [3.05, 3.63) is 76.9 Å². The van der Waals surface area contributed by atoms with Gasteiger partial charge in [-0.05, 0) is 53.7 Å². The molecule has 0 unspecified atom stereocenters. The number of carbonyl (C=O) groups excluding carboxylic acids is 2. The first-order valence-corrected chi connectivity index (χ1v) is 9.86. The topological polar surface area (TPSA) is 46.6 Å². The Hall–Kier alpha value is -2.88. The third-order valence-electron chi connectivity index (χ3n) is 4.99. The van der Waals surface area contributed by atoms with Crippen LogP contribution in [0.2, 0.25) is 0 Å². The number of ether oxygens (including phenoxy) is 1. The van der Waals surface area contributed by atoms with Crippen LogP contribution in [0.15, 0.2) is 54.6 Å². The standard InChI is InChI=1S/C24H27NO3/c1-18(2)21-10-5-19(6-11-21)9-14-23(26)28-17-20-7-12-22(13-8-20)24(27)25-15-3-4-16-25/h5-14,18H,3-4,15-17H2,1-2H3. The zero-order valence-electron chi connectivity index (χ0n) is 16.6. The van der Waals surface area contributed by atoms with Crippen LogP contribution >= 0.6 is 0 Å². The fraction of sp³-hybridized carbons (Fsp3) is 0.333. The van der Waals surface area contributed by atoms with Crippen molar-refractivity contribution in [3.63, 3.8) is 0 Å². The summed E-state index contributed by atoms with van der Waals surface area (Å²) in [5, 5.41) is 0. The second-order valence-electron chi connectivity index (χ2n) is 7.46. The van der Waals surface area contributed by atoms with Crippen LogP contribution in [0.4, 0.5) is 0 Å². The Balaban J connectivity index is 1.49. The summed E-state index contributed by atoms with van der Waals surface area (Å²) in [6.45, 7) is 6.16. The molecule has 0 N–H and O–H groups in total. The Morgan fingerprint density at radius 2 is 1.64 bits per heavy atom. The van der Waals surface area contributed by atoms with E-state index < -0.39 is 0 Å². The van der Waals surface area contributed by atoms with E-state index in [2.05, 4.69) is 26.0 Å². The molecule has 1 saturated heterocycles. The summed E-state index contributed by atoms with van der Waals surface area (Å²) in [6, 6.07) is 15.4. The highest BCUT2D eigenvalue weighted by Gasteiger charge is 2.19. The van der Waals surface area contributed by atoms with Gasteiger partial charge in [0.05, 0.1) is 0 Å². The van der Waals surface area contributed by atoms with Crippen molar-refractivity contribution in [2.45, 2.75) is 39.2 Å². The van der Waals surface area contributed by atoms with Crippen molar-refractivity contribution in [2.75, 3.05) is 13.1 Å². The molecule has 1 aliphatic rings. The second-order valence-corrected chi connectivity index (χ2v) is 7.46. The van der Waals surface area contributed by atoms with Gasteiger partial charge in [0, 0.05) is 24.7 Å². The van der Waals surface area contributed by atoms with Crippen LogP contribution in [0.3, 0.4) is 0 Å². The number of hydrogen-bond donors (Lipinski definition) is 0. The summed E-state index contributed by atoms with van der Waals surface area (Å²) < 4.78 is 5.29. The molecule has 0 aromatic heterocycles. The first-order chi connectivity index (χ1) is 13.5. The lowest BCUT2D eigenvalue weighted by Gasteiger charge is -2.15. The molecule has 4 nitrogen and oxygen atoms in total. The lowest BCUT2D eigenvalue weighted by Crippen LogP contribution is -2.27. The number of amides is 1. The minimum Gasteiger partial charge on any atom is -0.458 e. The van der Waals surface area contributed by atoms with Gasteiger partial charge in [-0.25, -0.2) is 4.79 Å². The summed E-state index contributed by atoms with van der Waals surface area (Å²) in [5.41, 5.74) is 3.78. The van der Waals surface area contributed by atoms with E-state index in [4.69, 9.17) is 4.74 Å². The molecule has 0 spiro atoms. The maximum atomic E-state index is 12.3. The van der Waals surface area contributed by atoms with Crippen LogP contribution in [-0.2, 0) is 16.1 Å². The van der Waals surface area contributed by atoms with Crippen molar-refractivity contribution >= 4 is 18.0 Å². The highest BCUT2D eigenvalue weighted by molar-refractivity contribution is 5.94. The Bertz CT molecular complexity index is 829. The molecule has 1 aliphatic heterocycles. The van der Waals surface area contributed by atoms with E-state index in [-0.39, 0.29) is 18.5 Å². The first-order valence-electron chi connectivity index (χ1n) is 9.86. The average Bonchev–Trinajstić information content (AvgIpc) is 3.25. The molecule has 28 heavy (non-hydrogen) atoms. The van der Waals surface area contributed by atoms with Crippen molar-refractivity contribution in [2.24, 2.45) is 0 Å². The summed E-state index contributed by atoms with van der Waals surface area (Å²) in [4.78, 5) is 26.2. The molecule has 0 saturated carbocycles. The van der Waals surface area contributed by atoms with Crippen LogP contribution in [0, 0.1) is 0 Å². The molecule has 0 radical (unpaired) electrons. The Kier molecular flexibility index (Phi) is 6.64. The van der Waals surface area contributed by atoms with Crippen LogP contribution in [0.5, 0.6) is 0 Å². The van der Waals surface area contributed by atoms with Gasteiger partial charge in [-0.15, -0.1) is 0 Å². The van der Waals surface area contributed by atoms with Gasteiger partial charge in [-0.2, -0.15) is 0 Å². The van der Waals surface area contributed by atoms with Gasteiger partial charge >= 0.3 is 5.97 Å². The van der Waals surface area contributed by atoms with E-state index in [1.54, 1.807) is 18.2 Å². The van der Waals surface area contributed by atoms with E-state index in [0.717, 1.165) is 37.1 Å². The molecule has 1 fully saturated rings. The molecule has 2 aromatic rings. The van der Waals surface area contributed by atoms with Crippen molar-refractivity contribution in [1.82, 2.24) is 4.90 Å². The van der Waals surface area contributed by atoms with E-state index in [1.807, 2.05) is 29.2 Å². The molecular formula is C24H27NO3. The predicted molar refractivity (Wildman–Crippen MR) is 111 cm³/mol. The van der Waals surface area contributed by atoms with E-state index in [1.165, 1.54) is 11.6 Å². The molecule has 4 heteroatoms. The van der Waals surface area contributed by atoms with Gasteiger partial charge in [-0.1, -0.05) is 50.2 Å². The van der Waals surface area contributed by atoms with E-state index in [9.17, 15) is 9.59 Å². The minimum absolute atomic E-state index is 0.0764. The smallest absolute Gasteiger partial charge is 0.331 e. The van der Waals surface area contributed by atoms with Gasteiger partial charge in [0.2, 0.25) is 0 Å². The van der Waals surface area contributed by atoms with Gasteiger partial charge in [0.15, 0.2) is 0 Å².